The fraction of sp³-hybridized carbons (Fsp3) is 0.300. The van der Waals surface area contributed by atoms with Crippen LogP contribution in [0.25, 0.3) is 10.9 Å². The van der Waals surface area contributed by atoms with E-state index in [0.717, 1.165) is 16.6 Å². The fourth-order valence-electron chi connectivity index (χ4n) is 3.15. The number of H-pyrrole nitrogens is 1. The number of amides is 1. The van der Waals surface area contributed by atoms with Crippen molar-refractivity contribution in [3.05, 3.63) is 60.0 Å². The number of carbonyl (C=O) groups is 1. The van der Waals surface area contributed by atoms with Crippen LogP contribution in [0.3, 0.4) is 0 Å². The predicted molar refractivity (Wildman–Crippen MR) is 98.4 cm³/mol. The first kappa shape index (κ1) is 16.6. The first-order valence-electron chi connectivity index (χ1n) is 8.73. The first-order valence-corrected chi connectivity index (χ1v) is 8.73. The molecule has 0 saturated carbocycles. The molecule has 1 aromatic carbocycles. The highest BCUT2D eigenvalue weighted by Crippen LogP contribution is 2.21. The number of hydrogen-bond donors (Lipinski definition) is 1. The average Bonchev–Trinajstić information content (AvgIpc) is 3.11. The molecule has 3 heterocycles. The number of nitrogens with one attached hydrogen (secondary N) is 1. The normalized spacial score (nSPS) is 17.4. The number of aromatic amines is 1. The average molecular weight is 351 g/mol. The molecule has 1 fully saturated rings. The zero-order valence-corrected chi connectivity index (χ0v) is 14.6. The van der Waals surface area contributed by atoms with Crippen molar-refractivity contribution < 1.29 is 14.3 Å². The molecule has 3 aromatic rings. The Balaban J connectivity index is 1.41. The Morgan fingerprint density at radius 1 is 1.35 bits per heavy atom. The zero-order valence-electron chi connectivity index (χ0n) is 14.6. The van der Waals surface area contributed by atoms with Gasteiger partial charge in [0.25, 0.3) is 5.91 Å². The van der Waals surface area contributed by atoms with E-state index in [1.807, 2.05) is 48.2 Å². The van der Waals surface area contributed by atoms with Gasteiger partial charge >= 0.3 is 0 Å². The van der Waals surface area contributed by atoms with Crippen LogP contribution in [0.2, 0.25) is 0 Å². The monoisotopic (exact) mass is 351 g/mol. The lowest BCUT2D eigenvalue weighted by atomic mass is 10.1. The molecule has 1 amide bonds. The minimum atomic E-state index is -0.154. The SMILES string of the molecule is Cc1ccc(OCC2CN(C(=O)c3c[nH]c4ccccc34)CCO2)cn1. The summed E-state index contributed by atoms with van der Waals surface area (Å²) in [6.45, 7) is 3.93. The number of carbonyl (C=O) groups excluding carboxylic acids is 1. The summed E-state index contributed by atoms with van der Waals surface area (Å²) in [7, 11) is 0. The van der Waals surface area contributed by atoms with Gasteiger partial charge in [0.05, 0.1) is 24.9 Å². The van der Waals surface area contributed by atoms with Crippen LogP contribution in [-0.4, -0.2) is 53.2 Å². The van der Waals surface area contributed by atoms with E-state index in [9.17, 15) is 4.79 Å². The van der Waals surface area contributed by atoms with Crippen molar-refractivity contribution in [3.63, 3.8) is 0 Å². The van der Waals surface area contributed by atoms with E-state index < -0.39 is 0 Å². The molecule has 1 N–H and O–H groups in total. The standard InChI is InChI=1S/C20H21N3O3/c1-14-6-7-15(10-21-14)26-13-16-12-23(8-9-25-16)20(24)18-11-22-19-5-3-2-4-17(18)19/h2-7,10-11,16,22H,8-9,12-13H2,1H3. The smallest absolute Gasteiger partial charge is 0.256 e. The molecular weight excluding hydrogens is 330 g/mol. The number of nitrogens with zero attached hydrogens (tertiary/aromatic N) is 2. The molecule has 6 nitrogen and oxygen atoms in total. The Bertz CT molecular complexity index is 904. The van der Waals surface area contributed by atoms with Gasteiger partial charge in [-0.2, -0.15) is 0 Å². The molecule has 0 spiro atoms. The highest BCUT2D eigenvalue weighted by Gasteiger charge is 2.27. The second-order valence-corrected chi connectivity index (χ2v) is 6.44. The summed E-state index contributed by atoms with van der Waals surface area (Å²) < 4.78 is 11.5. The number of benzene rings is 1. The minimum absolute atomic E-state index is 0.0211. The number of morpholine rings is 1. The number of pyridine rings is 1. The van der Waals surface area contributed by atoms with Gasteiger partial charge in [0, 0.05) is 29.3 Å². The van der Waals surface area contributed by atoms with Crippen molar-refractivity contribution in [2.45, 2.75) is 13.0 Å². The van der Waals surface area contributed by atoms with Crippen molar-refractivity contribution in [1.82, 2.24) is 14.9 Å². The van der Waals surface area contributed by atoms with E-state index >= 15 is 0 Å². The number of para-hydroxylation sites is 1. The van der Waals surface area contributed by atoms with Gasteiger partial charge in [0.2, 0.25) is 0 Å². The molecule has 1 atom stereocenters. The van der Waals surface area contributed by atoms with Crippen LogP contribution in [0.1, 0.15) is 16.1 Å². The highest BCUT2D eigenvalue weighted by molar-refractivity contribution is 6.06. The fourth-order valence-corrected chi connectivity index (χ4v) is 3.15. The third kappa shape index (κ3) is 3.41. The van der Waals surface area contributed by atoms with Gasteiger partial charge in [-0.05, 0) is 25.1 Å². The topological polar surface area (TPSA) is 67.5 Å². The molecule has 134 valence electrons. The molecule has 2 aromatic heterocycles. The number of aromatic nitrogens is 2. The van der Waals surface area contributed by atoms with Crippen molar-refractivity contribution in [1.29, 1.82) is 0 Å². The van der Waals surface area contributed by atoms with Crippen LogP contribution in [0, 0.1) is 6.92 Å². The summed E-state index contributed by atoms with van der Waals surface area (Å²) in [5.41, 5.74) is 2.61. The summed E-state index contributed by atoms with van der Waals surface area (Å²) in [5.74, 6) is 0.729. The summed E-state index contributed by atoms with van der Waals surface area (Å²) in [5, 5.41) is 0.947. The summed E-state index contributed by atoms with van der Waals surface area (Å²) in [4.78, 5) is 22.1. The molecule has 1 unspecified atom stereocenters. The maximum Gasteiger partial charge on any atom is 0.256 e. The van der Waals surface area contributed by atoms with Crippen LogP contribution >= 0.6 is 0 Å². The van der Waals surface area contributed by atoms with Crippen LogP contribution in [0.5, 0.6) is 5.75 Å². The second kappa shape index (κ2) is 7.17. The van der Waals surface area contributed by atoms with E-state index in [4.69, 9.17) is 9.47 Å². The van der Waals surface area contributed by atoms with Crippen molar-refractivity contribution >= 4 is 16.8 Å². The van der Waals surface area contributed by atoms with Gasteiger partial charge in [0.1, 0.15) is 18.5 Å². The van der Waals surface area contributed by atoms with E-state index in [1.165, 1.54) is 0 Å². The highest BCUT2D eigenvalue weighted by atomic mass is 16.5. The second-order valence-electron chi connectivity index (χ2n) is 6.44. The molecule has 0 aliphatic carbocycles. The molecule has 4 rings (SSSR count). The first-order chi connectivity index (χ1) is 12.7. The van der Waals surface area contributed by atoms with Crippen LogP contribution in [-0.2, 0) is 4.74 Å². The molecule has 1 aliphatic heterocycles. The van der Waals surface area contributed by atoms with Crippen molar-refractivity contribution in [2.24, 2.45) is 0 Å². The molecule has 1 aliphatic rings. The molecule has 1 saturated heterocycles. The third-order valence-corrected chi connectivity index (χ3v) is 4.57. The van der Waals surface area contributed by atoms with Gasteiger partial charge in [-0.15, -0.1) is 0 Å². The Morgan fingerprint density at radius 3 is 3.08 bits per heavy atom. The lowest BCUT2D eigenvalue weighted by Crippen LogP contribution is -2.47. The maximum atomic E-state index is 12.9. The quantitative estimate of drug-likeness (QED) is 0.785. The van der Waals surface area contributed by atoms with Gasteiger partial charge in [-0.3, -0.25) is 9.78 Å². The van der Waals surface area contributed by atoms with Crippen LogP contribution in [0.4, 0.5) is 0 Å². The van der Waals surface area contributed by atoms with Crippen LogP contribution in [0.15, 0.2) is 48.8 Å². The van der Waals surface area contributed by atoms with Crippen molar-refractivity contribution in [3.8, 4) is 5.75 Å². The number of aryl methyl sites for hydroxylation is 1. The Morgan fingerprint density at radius 2 is 2.23 bits per heavy atom. The van der Waals surface area contributed by atoms with Crippen LogP contribution < -0.4 is 4.74 Å². The Labute approximate surface area is 151 Å². The van der Waals surface area contributed by atoms with Gasteiger partial charge in [-0.1, -0.05) is 18.2 Å². The number of ether oxygens (including phenoxy) is 2. The van der Waals surface area contributed by atoms with Gasteiger partial charge in [-0.25, -0.2) is 0 Å². The van der Waals surface area contributed by atoms with Gasteiger partial charge in [0.15, 0.2) is 0 Å². The molecular formula is C20H21N3O3. The lowest BCUT2D eigenvalue weighted by molar-refractivity contribution is -0.0401. The Hall–Kier alpha value is -2.86. The number of rotatable bonds is 4. The number of hydrogen-bond acceptors (Lipinski definition) is 4. The van der Waals surface area contributed by atoms with Crippen molar-refractivity contribution in [2.75, 3.05) is 26.3 Å². The van der Waals surface area contributed by atoms with Gasteiger partial charge < -0.3 is 19.4 Å². The predicted octanol–water partition coefficient (Wildman–Crippen LogP) is 2.79. The number of fused-ring (bicyclic) bond motifs is 1. The summed E-state index contributed by atoms with van der Waals surface area (Å²) >= 11 is 0. The van der Waals surface area contributed by atoms with E-state index in [0.29, 0.717) is 37.6 Å². The largest absolute Gasteiger partial charge is 0.489 e. The molecule has 26 heavy (non-hydrogen) atoms. The molecule has 0 radical (unpaired) electrons. The van der Waals surface area contributed by atoms with E-state index in [1.54, 1.807) is 12.4 Å². The zero-order chi connectivity index (χ0) is 17.9. The maximum absolute atomic E-state index is 12.9. The van der Waals surface area contributed by atoms with E-state index in [2.05, 4.69) is 9.97 Å². The third-order valence-electron chi connectivity index (χ3n) is 4.57. The molecule has 0 bridgehead atoms. The summed E-state index contributed by atoms with van der Waals surface area (Å²) in [6, 6.07) is 11.6. The minimum Gasteiger partial charge on any atom is -0.489 e. The lowest BCUT2D eigenvalue weighted by Gasteiger charge is -2.32. The Kier molecular flexibility index (Phi) is 4.58. The summed E-state index contributed by atoms with van der Waals surface area (Å²) in [6.07, 6.45) is 3.33. The molecule has 6 heteroatoms. The van der Waals surface area contributed by atoms with E-state index in [-0.39, 0.29) is 12.0 Å².